The molecule has 4 saturated carbocycles. The van der Waals surface area contributed by atoms with E-state index in [-0.39, 0.29) is 0 Å². The van der Waals surface area contributed by atoms with Crippen LogP contribution in [0.25, 0.3) is 0 Å². The zero-order valence-corrected chi connectivity index (χ0v) is 21.0. The molecule has 0 heterocycles. The molecule has 0 atom stereocenters. The second kappa shape index (κ2) is 11.4. The number of aliphatic hydroxyl groups is 2. The van der Waals surface area contributed by atoms with Gasteiger partial charge in [0.1, 0.15) is 0 Å². The van der Waals surface area contributed by atoms with Crippen molar-refractivity contribution < 1.29 is 10.2 Å². The third kappa shape index (κ3) is 5.65. The van der Waals surface area contributed by atoms with E-state index in [4.69, 9.17) is 0 Å². The highest BCUT2D eigenvalue weighted by Gasteiger charge is 2.48. The van der Waals surface area contributed by atoms with Gasteiger partial charge in [-0.25, -0.2) is 0 Å². The Kier molecular flexibility index (Phi) is 8.82. The molecule has 0 aromatic rings. The lowest BCUT2D eigenvalue weighted by molar-refractivity contribution is -0.105. The van der Waals surface area contributed by atoms with E-state index in [0.717, 1.165) is 18.4 Å². The highest BCUT2D eigenvalue weighted by atomic mass is 16.3. The van der Waals surface area contributed by atoms with Crippen molar-refractivity contribution in [2.24, 2.45) is 23.7 Å². The lowest BCUT2D eigenvalue weighted by Crippen LogP contribution is -2.50. The van der Waals surface area contributed by atoms with Gasteiger partial charge in [0.2, 0.25) is 0 Å². The summed E-state index contributed by atoms with van der Waals surface area (Å²) in [7, 11) is 0. The van der Waals surface area contributed by atoms with Crippen molar-refractivity contribution in [3.63, 3.8) is 0 Å². The molecule has 0 aliphatic heterocycles. The largest absolute Gasteiger partial charge is 0.389 e. The van der Waals surface area contributed by atoms with Gasteiger partial charge < -0.3 is 10.2 Å². The van der Waals surface area contributed by atoms with Crippen molar-refractivity contribution in [2.75, 3.05) is 0 Å². The van der Waals surface area contributed by atoms with Gasteiger partial charge in [0.05, 0.1) is 11.2 Å². The summed E-state index contributed by atoms with van der Waals surface area (Å²) in [6.45, 7) is 4.58. The standard InChI is InChI=1S/C30H52O2/c1-24(22-29(31,25-14-6-2-7-15-25)26-16-8-3-9-17-26)23-30(32,27-18-10-4-11-19-27)28-20-12-5-13-21-28/h25-28,31-32H,1-23H2. The average molecular weight is 445 g/mol. The van der Waals surface area contributed by atoms with Gasteiger partial charge in [-0.2, -0.15) is 0 Å². The van der Waals surface area contributed by atoms with Crippen LogP contribution in [0.15, 0.2) is 12.2 Å². The van der Waals surface area contributed by atoms with E-state index in [1.165, 1.54) is 128 Å². The van der Waals surface area contributed by atoms with E-state index in [9.17, 15) is 10.2 Å². The summed E-state index contributed by atoms with van der Waals surface area (Å²) in [6, 6.07) is 0. The molecule has 0 amide bonds. The van der Waals surface area contributed by atoms with Crippen LogP contribution < -0.4 is 0 Å². The van der Waals surface area contributed by atoms with Gasteiger partial charge in [-0.15, -0.1) is 0 Å². The Morgan fingerprint density at radius 2 is 0.688 bits per heavy atom. The third-order valence-electron chi connectivity index (χ3n) is 10.3. The molecule has 184 valence electrons. The number of rotatable bonds is 8. The van der Waals surface area contributed by atoms with Crippen molar-refractivity contribution in [2.45, 2.75) is 152 Å². The van der Waals surface area contributed by atoms with Crippen LogP contribution in [-0.2, 0) is 0 Å². The molecule has 4 rings (SSSR count). The van der Waals surface area contributed by atoms with Crippen molar-refractivity contribution in [3.8, 4) is 0 Å². The number of hydrogen-bond donors (Lipinski definition) is 2. The Balaban J connectivity index is 1.51. The van der Waals surface area contributed by atoms with Crippen molar-refractivity contribution in [1.82, 2.24) is 0 Å². The van der Waals surface area contributed by atoms with Crippen molar-refractivity contribution in [1.29, 1.82) is 0 Å². The first kappa shape index (κ1) is 24.8. The van der Waals surface area contributed by atoms with Crippen LogP contribution in [0, 0.1) is 23.7 Å². The van der Waals surface area contributed by atoms with Gasteiger partial charge in [0, 0.05) is 0 Å². The zero-order valence-electron chi connectivity index (χ0n) is 21.0. The maximum atomic E-state index is 12.3. The van der Waals surface area contributed by atoms with Gasteiger partial charge in [0.25, 0.3) is 0 Å². The molecule has 4 aliphatic rings. The Labute approximate surface area is 198 Å². The van der Waals surface area contributed by atoms with Crippen LogP contribution in [0.1, 0.15) is 141 Å². The Morgan fingerprint density at radius 3 is 0.906 bits per heavy atom. The van der Waals surface area contributed by atoms with E-state index in [2.05, 4.69) is 6.58 Å². The van der Waals surface area contributed by atoms with Crippen LogP contribution >= 0.6 is 0 Å². The second-order valence-corrected chi connectivity index (χ2v) is 12.4. The molecule has 4 aliphatic carbocycles. The molecule has 2 heteroatoms. The van der Waals surface area contributed by atoms with E-state index < -0.39 is 11.2 Å². The van der Waals surface area contributed by atoms with Crippen LogP contribution in [0.3, 0.4) is 0 Å². The molecular weight excluding hydrogens is 392 g/mol. The van der Waals surface area contributed by atoms with E-state index in [1.807, 2.05) is 0 Å². The van der Waals surface area contributed by atoms with Crippen molar-refractivity contribution >= 4 is 0 Å². The van der Waals surface area contributed by atoms with Crippen LogP contribution in [-0.4, -0.2) is 21.4 Å². The molecule has 0 aromatic carbocycles. The molecule has 2 nitrogen and oxygen atoms in total. The predicted molar refractivity (Wildman–Crippen MR) is 135 cm³/mol. The monoisotopic (exact) mass is 444 g/mol. The molecule has 0 radical (unpaired) electrons. The molecule has 32 heavy (non-hydrogen) atoms. The van der Waals surface area contributed by atoms with E-state index in [1.54, 1.807) is 0 Å². The Bertz CT molecular complexity index is 486. The smallest absolute Gasteiger partial charge is 0.0740 e. The highest BCUT2D eigenvalue weighted by Crippen LogP contribution is 2.50. The van der Waals surface area contributed by atoms with E-state index >= 15 is 0 Å². The first-order valence-corrected chi connectivity index (χ1v) is 14.6. The normalized spacial score (nSPS) is 26.3. The quantitative estimate of drug-likeness (QED) is 0.371. The zero-order chi connectivity index (χ0) is 22.4. The summed E-state index contributed by atoms with van der Waals surface area (Å²) in [5.41, 5.74) is -0.0158. The Morgan fingerprint density at radius 1 is 0.469 bits per heavy atom. The van der Waals surface area contributed by atoms with E-state index in [0.29, 0.717) is 23.7 Å². The fourth-order valence-corrected chi connectivity index (χ4v) is 8.52. The molecule has 0 saturated heterocycles. The molecule has 2 N–H and O–H groups in total. The summed E-state index contributed by atoms with van der Waals surface area (Å²) in [4.78, 5) is 0. The van der Waals surface area contributed by atoms with Gasteiger partial charge in [-0.1, -0.05) is 89.2 Å². The lowest BCUT2D eigenvalue weighted by Gasteiger charge is -2.49. The first-order valence-electron chi connectivity index (χ1n) is 14.6. The molecule has 0 aromatic heterocycles. The maximum Gasteiger partial charge on any atom is 0.0740 e. The minimum atomic E-state index is -0.585. The molecular formula is C30H52O2. The minimum absolute atomic E-state index is 0.438. The van der Waals surface area contributed by atoms with Gasteiger partial charge in [-0.05, 0) is 87.9 Å². The summed E-state index contributed by atoms with van der Waals surface area (Å²) < 4.78 is 0. The SMILES string of the molecule is C=C(CC(O)(C1CCCCC1)C1CCCCC1)CC(O)(C1CCCCC1)C1CCCCC1. The lowest BCUT2D eigenvalue weighted by atomic mass is 9.61. The fourth-order valence-electron chi connectivity index (χ4n) is 8.52. The maximum absolute atomic E-state index is 12.3. The Hall–Kier alpha value is -0.340. The molecule has 4 fully saturated rings. The van der Waals surface area contributed by atoms with Gasteiger partial charge >= 0.3 is 0 Å². The minimum Gasteiger partial charge on any atom is -0.389 e. The summed E-state index contributed by atoms with van der Waals surface area (Å²) in [5.74, 6) is 1.75. The summed E-state index contributed by atoms with van der Waals surface area (Å²) >= 11 is 0. The van der Waals surface area contributed by atoms with Gasteiger partial charge in [0.15, 0.2) is 0 Å². The van der Waals surface area contributed by atoms with Gasteiger partial charge in [-0.3, -0.25) is 0 Å². The molecule has 0 unspecified atom stereocenters. The van der Waals surface area contributed by atoms with Crippen LogP contribution in [0.4, 0.5) is 0 Å². The van der Waals surface area contributed by atoms with Crippen molar-refractivity contribution in [3.05, 3.63) is 12.2 Å². The number of hydrogen-bond acceptors (Lipinski definition) is 2. The topological polar surface area (TPSA) is 40.5 Å². The first-order chi connectivity index (χ1) is 15.5. The summed E-state index contributed by atoms with van der Waals surface area (Å²) in [5, 5.41) is 24.6. The predicted octanol–water partition coefficient (Wildman–Crippen LogP) is 8.11. The fraction of sp³-hybridized carbons (Fsp3) is 0.933. The average Bonchev–Trinajstić information content (AvgIpc) is 2.86. The second-order valence-electron chi connectivity index (χ2n) is 12.4. The molecule has 0 bridgehead atoms. The summed E-state index contributed by atoms with van der Waals surface area (Å²) in [6.07, 6.45) is 26.6. The van der Waals surface area contributed by atoms with Crippen LogP contribution in [0.2, 0.25) is 0 Å². The highest BCUT2D eigenvalue weighted by molar-refractivity contribution is 5.12. The van der Waals surface area contributed by atoms with Crippen LogP contribution in [0.5, 0.6) is 0 Å². The third-order valence-corrected chi connectivity index (χ3v) is 10.3. The molecule has 0 spiro atoms.